The maximum Gasteiger partial charge on any atom is 0.411 e. The van der Waals surface area contributed by atoms with Crippen molar-refractivity contribution in [3.05, 3.63) is 58.6 Å². The molecule has 204 valence electrons. The average molecular weight is 591 g/mol. The number of anilines is 1. The molecular weight excluding hydrogens is 561 g/mol. The summed E-state index contributed by atoms with van der Waals surface area (Å²) in [6, 6.07) is 13.4. The van der Waals surface area contributed by atoms with Crippen molar-refractivity contribution in [2.24, 2.45) is 0 Å². The van der Waals surface area contributed by atoms with E-state index >= 15 is 0 Å². The van der Waals surface area contributed by atoms with Crippen molar-refractivity contribution in [3.63, 3.8) is 0 Å². The summed E-state index contributed by atoms with van der Waals surface area (Å²) >= 11 is 3.32. The number of nitrogens with zero attached hydrogens (tertiary/aromatic N) is 1. The van der Waals surface area contributed by atoms with Gasteiger partial charge in [-0.2, -0.15) is 13.2 Å². The normalized spacial score (nSPS) is 12.1. The Morgan fingerprint density at radius 3 is 2.32 bits per heavy atom. The first kappa shape index (κ1) is 30.4. The van der Waals surface area contributed by atoms with Crippen LogP contribution >= 0.6 is 15.9 Å². The van der Waals surface area contributed by atoms with Crippen molar-refractivity contribution >= 4 is 33.6 Å². The van der Waals surface area contributed by atoms with Crippen LogP contribution < -0.4 is 10.1 Å². The van der Waals surface area contributed by atoms with Crippen molar-refractivity contribution < 1.29 is 42.1 Å². The van der Waals surface area contributed by atoms with Gasteiger partial charge in [0.05, 0.1) is 6.54 Å². The van der Waals surface area contributed by atoms with E-state index in [1.807, 2.05) is 0 Å². The highest BCUT2D eigenvalue weighted by Gasteiger charge is 2.27. The molecule has 0 aliphatic carbocycles. The molecule has 0 saturated heterocycles. The molecule has 2 aromatic rings. The molecule has 2 amide bonds. The van der Waals surface area contributed by atoms with Crippen LogP contribution in [0.15, 0.2) is 53.0 Å². The number of hydrogen-bond donors (Lipinski definition) is 2. The third kappa shape index (κ3) is 12.3. The van der Waals surface area contributed by atoms with Gasteiger partial charge < -0.3 is 29.5 Å². The minimum atomic E-state index is -4.40. The van der Waals surface area contributed by atoms with E-state index < -0.39 is 30.9 Å². The first-order valence-corrected chi connectivity index (χ1v) is 12.4. The number of urea groups is 1. The molecule has 0 radical (unpaired) electrons. The molecule has 2 aromatic carbocycles. The molecule has 0 aliphatic heterocycles. The number of nitrogens with one attached hydrogen (secondary N) is 1. The van der Waals surface area contributed by atoms with Gasteiger partial charge in [-0.1, -0.05) is 28.1 Å². The second-order valence-corrected chi connectivity index (χ2v) is 8.84. The van der Waals surface area contributed by atoms with Crippen molar-refractivity contribution in [3.8, 4) is 5.75 Å². The van der Waals surface area contributed by atoms with Crippen LogP contribution in [-0.4, -0.2) is 73.8 Å². The summed E-state index contributed by atoms with van der Waals surface area (Å²) in [5.41, 5.74) is 1.33. The van der Waals surface area contributed by atoms with Crippen LogP contribution in [-0.2, 0) is 20.7 Å². The Labute approximate surface area is 221 Å². The number of aliphatic carboxylic acids is 1. The molecule has 0 aromatic heterocycles. The molecule has 2 N–H and O–H groups in total. The number of rotatable bonds is 15. The summed E-state index contributed by atoms with van der Waals surface area (Å²) in [5.74, 6) is -0.513. The average Bonchev–Trinajstić information content (AvgIpc) is 2.84. The maximum atomic E-state index is 12.8. The molecule has 0 bridgehead atoms. The Bertz CT molecular complexity index is 974. The topological polar surface area (TPSA) is 97.3 Å². The Balaban J connectivity index is 1.90. The number of carboxylic acids is 1. The first-order chi connectivity index (χ1) is 17.6. The third-order valence-corrected chi connectivity index (χ3v) is 5.51. The van der Waals surface area contributed by atoms with Crippen molar-refractivity contribution in [1.29, 1.82) is 0 Å². The van der Waals surface area contributed by atoms with Gasteiger partial charge in [0.25, 0.3) is 0 Å². The van der Waals surface area contributed by atoms with E-state index in [0.29, 0.717) is 18.0 Å². The number of amides is 2. The highest BCUT2D eigenvalue weighted by atomic mass is 79.9. The van der Waals surface area contributed by atoms with E-state index in [2.05, 4.69) is 26.0 Å². The monoisotopic (exact) mass is 590 g/mol. The smallest absolute Gasteiger partial charge is 0.411 e. The fourth-order valence-corrected chi connectivity index (χ4v) is 3.49. The first-order valence-electron chi connectivity index (χ1n) is 11.6. The van der Waals surface area contributed by atoms with Crippen LogP contribution in [0.1, 0.15) is 18.9 Å². The number of ether oxygens (including phenoxy) is 3. The van der Waals surface area contributed by atoms with Crippen LogP contribution in [0.2, 0.25) is 0 Å². The van der Waals surface area contributed by atoms with E-state index in [-0.39, 0.29) is 39.1 Å². The second kappa shape index (κ2) is 15.4. The number of carbonyl (C=O) groups excluding carboxylic acids is 1. The van der Waals surface area contributed by atoms with Crippen LogP contribution in [0.25, 0.3) is 0 Å². The summed E-state index contributed by atoms with van der Waals surface area (Å²) in [5, 5.41) is 12.0. The predicted octanol–water partition coefficient (Wildman–Crippen LogP) is 5.36. The number of hydrogen-bond acceptors (Lipinski definition) is 5. The van der Waals surface area contributed by atoms with Gasteiger partial charge in [-0.15, -0.1) is 0 Å². The summed E-state index contributed by atoms with van der Waals surface area (Å²) in [6.45, 7) is 1.000. The minimum Gasteiger partial charge on any atom is -0.492 e. The molecule has 0 saturated carbocycles. The molecule has 12 heteroatoms. The van der Waals surface area contributed by atoms with Gasteiger partial charge in [0.2, 0.25) is 0 Å². The molecule has 0 heterocycles. The number of alkyl halides is 3. The molecular formula is C25H30BrF3N2O6. The number of halogens is 4. The van der Waals surface area contributed by atoms with Crippen molar-refractivity contribution in [1.82, 2.24) is 4.90 Å². The van der Waals surface area contributed by atoms with Gasteiger partial charge in [-0.3, -0.25) is 0 Å². The van der Waals surface area contributed by atoms with Gasteiger partial charge in [0.1, 0.15) is 19.0 Å². The lowest BCUT2D eigenvalue weighted by atomic mass is 10.1. The number of carboxylic acid groups (broad SMARTS) is 1. The largest absolute Gasteiger partial charge is 0.492 e. The lowest BCUT2D eigenvalue weighted by molar-refractivity contribution is -0.174. The van der Waals surface area contributed by atoms with E-state index in [9.17, 15) is 27.9 Å². The Morgan fingerprint density at radius 2 is 1.73 bits per heavy atom. The molecule has 0 fully saturated rings. The van der Waals surface area contributed by atoms with Gasteiger partial charge in [-0.25, -0.2) is 9.59 Å². The molecule has 2 rings (SSSR count). The molecule has 1 unspecified atom stereocenters. The maximum absolute atomic E-state index is 12.8. The molecule has 0 aliphatic rings. The predicted molar refractivity (Wildman–Crippen MR) is 135 cm³/mol. The highest BCUT2D eigenvalue weighted by Crippen LogP contribution is 2.17. The number of benzene rings is 2. The van der Waals surface area contributed by atoms with E-state index in [1.54, 1.807) is 55.5 Å². The van der Waals surface area contributed by atoms with Gasteiger partial charge in [0, 0.05) is 36.3 Å². The zero-order valence-electron chi connectivity index (χ0n) is 20.3. The van der Waals surface area contributed by atoms with Crippen LogP contribution in [0, 0.1) is 0 Å². The van der Waals surface area contributed by atoms with Crippen LogP contribution in [0.3, 0.4) is 0 Å². The third-order valence-electron chi connectivity index (χ3n) is 4.98. The lowest BCUT2D eigenvalue weighted by Gasteiger charge is -2.23. The summed E-state index contributed by atoms with van der Waals surface area (Å²) < 4.78 is 53.3. The zero-order chi connectivity index (χ0) is 27.3. The molecule has 37 heavy (non-hydrogen) atoms. The van der Waals surface area contributed by atoms with Crippen LogP contribution in [0.4, 0.5) is 23.7 Å². The standard InChI is InChI=1S/C25H30BrF3N2O6/c1-2-36-22(23(32)33)16-18-4-10-21(11-5-18)37-15-13-31(12-3-14-35-17-25(27,28)29)24(34)30-20-8-6-19(26)7-9-20/h4-11,22H,2-3,12-17H2,1H3,(H,30,34)(H,32,33). The van der Waals surface area contributed by atoms with Gasteiger partial charge >= 0.3 is 18.2 Å². The number of carbonyl (C=O) groups is 2. The van der Waals surface area contributed by atoms with Crippen molar-refractivity contribution in [2.45, 2.75) is 32.0 Å². The Hall–Kier alpha value is -2.83. The Morgan fingerprint density at radius 1 is 1.05 bits per heavy atom. The van der Waals surface area contributed by atoms with Gasteiger partial charge in [-0.05, 0) is 55.3 Å². The van der Waals surface area contributed by atoms with Gasteiger partial charge in [0.15, 0.2) is 6.10 Å². The van der Waals surface area contributed by atoms with E-state index in [1.165, 1.54) is 4.90 Å². The van der Waals surface area contributed by atoms with Crippen LogP contribution in [0.5, 0.6) is 5.75 Å². The molecule has 1 atom stereocenters. The minimum absolute atomic E-state index is 0.132. The fourth-order valence-electron chi connectivity index (χ4n) is 3.22. The summed E-state index contributed by atoms with van der Waals surface area (Å²) in [4.78, 5) is 25.5. The van der Waals surface area contributed by atoms with E-state index in [4.69, 9.17) is 9.47 Å². The fraction of sp³-hybridized carbons (Fsp3) is 0.440. The summed E-state index contributed by atoms with van der Waals surface area (Å²) in [6.07, 6.45) is -4.92. The van der Waals surface area contributed by atoms with Crippen molar-refractivity contribution in [2.75, 3.05) is 44.8 Å². The SMILES string of the molecule is CCOC(Cc1ccc(OCCN(CCCOCC(F)(F)F)C(=O)Nc2ccc(Br)cc2)cc1)C(=O)O. The highest BCUT2D eigenvalue weighted by molar-refractivity contribution is 9.10. The van der Waals surface area contributed by atoms with E-state index in [0.717, 1.165) is 10.0 Å². The summed E-state index contributed by atoms with van der Waals surface area (Å²) in [7, 11) is 0. The quantitative estimate of drug-likeness (QED) is 0.271. The lowest BCUT2D eigenvalue weighted by Crippen LogP contribution is -2.39. The zero-order valence-corrected chi connectivity index (χ0v) is 21.9. The molecule has 8 nitrogen and oxygen atoms in total. The Kier molecular flexibility index (Phi) is 12.7. The second-order valence-electron chi connectivity index (χ2n) is 7.92. The molecule has 0 spiro atoms.